The third-order valence-corrected chi connectivity index (χ3v) is 4.01. The van der Waals surface area contributed by atoms with Crippen LogP contribution >= 0.6 is 0 Å². The first kappa shape index (κ1) is 18.9. The molecule has 0 saturated heterocycles. The van der Waals surface area contributed by atoms with Crippen molar-refractivity contribution in [3.63, 3.8) is 0 Å². The number of nitrogens with two attached hydrogens (primary N) is 1. The summed E-state index contributed by atoms with van der Waals surface area (Å²) in [6, 6.07) is 9.41. The highest BCUT2D eigenvalue weighted by Crippen LogP contribution is 2.24. The van der Waals surface area contributed by atoms with Gasteiger partial charge in [0.25, 0.3) is 11.8 Å². The average molecular weight is 379 g/mol. The first-order valence-electron chi connectivity index (χ1n) is 8.39. The summed E-state index contributed by atoms with van der Waals surface area (Å²) in [4.78, 5) is 44.6. The second-order valence-electron chi connectivity index (χ2n) is 5.99. The van der Waals surface area contributed by atoms with Gasteiger partial charge in [-0.1, -0.05) is 35.5 Å². The predicted octanol–water partition coefficient (Wildman–Crippen LogP) is 0.836. The number of ketones is 1. The molecule has 0 bridgehead atoms. The third kappa shape index (κ3) is 4.09. The third-order valence-electron chi connectivity index (χ3n) is 4.01. The number of benzene rings is 1. The number of carbonyl (C=O) groups excluding carboxylic acids is 3. The van der Waals surface area contributed by atoms with E-state index in [2.05, 4.69) is 20.4 Å². The molecule has 1 aromatic carbocycles. The van der Waals surface area contributed by atoms with Gasteiger partial charge in [-0.15, -0.1) is 0 Å². The summed E-state index contributed by atoms with van der Waals surface area (Å²) in [5, 5.41) is 6.30. The number of Topliss-reactive ketones (excluding diaryl/α,β-unsaturated/α-hetero) is 1. The minimum absolute atomic E-state index is 0.0959. The number of nitrogens with one attached hydrogen (secondary N) is 1. The fraction of sp³-hybridized carbons (Fsp3) is 0.158. The smallest absolute Gasteiger partial charge is 0.291 e. The van der Waals surface area contributed by atoms with Gasteiger partial charge in [-0.3, -0.25) is 14.4 Å². The number of nitrogens with zero attached hydrogens (tertiary/aromatic N) is 3. The van der Waals surface area contributed by atoms with Gasteiger partial charge in [0.1, 0.15) is 6.04 Å². The number of carbonyl (C=O) groups is 3. The molecule has 2 heterocycles. The van der Waals surface area contributed by atoms with Gasteiger partial charge in [0.2, 0.25) is 11.5 Å². The van der Waals surface area contributed by atoms with Crippen LogP contribution in [0.3, 0.4) is 0 Å². The van der Waals surface area contributed by atoms with E-state index in [0.29, 0.717) is 11.3 Å². The molecule has 3 N–H and O–H groups in total. The van der Waals surface area contributed by atoms with Crippen molar-refractivity contribution in [1.82, 2.24) is 20.4 Å². The quantitative estimate of drug-likeness (QED) is 0.579. The number of hydrogen-bond acceptors (Lipinski definition) is 7. The Bertz CT molecular complexity index is 1000. The maximum absolute atomic E-state index is 12.8. The van der Waals surface area contributed by atoms with Gasteiger partial charge in [0.15, 0.2) is 5.82 Å². The highest BCUT2D eigenvalue weighted by Gasteiger charge is 2.30. The Morgan fingerprint density at radius 1 is 1.11 bits per heavy atom. The zero-order chi connectivity index (χ0) is 20.1. The molecule has 0 radical (unpaired) electrons. The van der Waals surface area contributed by atoms with Gasteiger partial charge in [0.05, 0.1) is 11.3 Å². The number of rotatable bonds is 7. The lowest BCUT2D eigenvalue weighted by Gasteiger charge is -2.15. The molecule has 0 fully saturated rings. The maximum atomic E-state index is 12.8. The molecule has 0 aliphatic carbocycles. The Morgan fingerprint density at radius 2 is 1.79 bits per heavy atom. The molecule has 142 valence electrons. The van der Waals surface area contributed by atoms with Crippen LogP contribution in [0, 0.1) is 6.92 Å². The Labute approximate surface area is 160 Å². The molecule has 0 spiro atoms. The monoisotopic (exact) mass is 379 g/mol. The maximum Gasteiger partial charge on any atom is 0.291 e. The van der Waals surface area contributed by atoms with Crippen LogP contribution in [0.4, 0.5) is 0 Å². The summed E-state index contributed by atoms with van der Waals surface area (Å²) in [7, 11) is 0. The van der Waals surface area contributed by atoms with E-state index < -0.39 is 23.6 Å². The first-order valence-corrected chi connectivity index (χ1v) is 8.39. The largest absolute Gasteiger partial charge is 0.363 e. The Morgan fingerprint density at radius 3 is 2.43 bits per heavy atom. The minimum atomic E-state index is -1.15. The van der Waals surface area contributed by atoms with E-state index >= 15 is 0 Å². The number of aromatic nitrogens is 3. The lowest BCUT2D eigenvalue weighted by Crippen LogP contribution is -2.47. The van der Waals surface area contributed by atoms with Crippen LogP contribution in [0.5, 0.6) is 0 Å². The van der Waals surface area contributed by atoms with Crippen molar-refractivity contribution in [1.29, 1.82) is 0 Å². The Balaban J connectivity index is 1.89. The predicted molar refractivity (Wildman–Crippen MR) is 97.9 cm³/mol. The summed E-state index contributed by atoms with van der Waals surface area (Å²) in [6.45, 7) is 1.64. The SMILES string of the molecule is Cc1noc(C(=O)NC(Cc2ccccc2)C(=O)C(N)=O)c1-c1ncccn1. The van der Waals surface area contributed by atoms with Crippen LogP contribution in [0.25, 0.3) is 11.4 Å². The van der Waals surface area contributed by atoms with Crippen molar-refractivity contribution in [3.8, 4) is 11.4 Å². The molecule has 9 heteroatoms. The van der Waals surface area contributed by atoms with E-state index in [4.69, 9.17) is 10.3 Å². The highest BCUT2D eigenvalue weighted by atomic mass is 16.5. The summed E-state index contributed by atoms with van der Waals surface area (Å²) >= 11 is 0. The van der Waals surface area contributed by atoms with E-state index in [-0.39, 0.29) is 18.0 Å². The fourth-order valence-electron chi connectivity index (χ4n) is 2.67. The van der Waals surface area contributed by atoms with Crippen molar-refractivity contribution in [2.75, 3.05) is 0 Å². The molecule has 28 heavy (non-hydrogen) atoms. The van der Waals surface area contributed by atoms with Crippen LogP contribution in [-0.4, -0.2) is 38.8 Å². The van der Waals surface area contributed by atoms with Gasteiger partial charge in [-0.2, -0.15) is 0 Å². The standard InChI is InChI=1S/C19H17N5O4/c1-11-14(18-21-8-5-9-22-18)16(28-24-11)19(27)23-13(15(25)17(20)26)10-12-6-3-2-4-7-12/h2-9,13H,10H2,1H3,(H2,20,26)(H,23,27). The molecule has 9 nitrogen and oxygen atoms in total. The topological polar surface area (TPSA) is 141 Å². The van der Waals surface area contributed by atoms with Crippen molar-refractivity contribution in [2.24, 2.45) is 5.73 Å². The summed E-state index contributed by atoms with van der Waals surface area (Å²) < 4.78 is 5.13. The zero-order valence-electron chi connectivity index (χ0n) is 15.0. The van der Waals surface area contributed by atoms with Crippen LogP contribution in [0.2, 0.25) is 0 Å². The number of aryl methyl sites for hydroxylation is 1. The number of amides is 2. The van der Waals surface area contributed by atoms with Crippen LogP contribution in [0.1, 0.15) is 21.8 Å². The van der Waals surface area contributed by atoms with Gasteiger partial charge in [-0.25, -0.2) is 9.97 Å². The molecule has 0 aliphatic heterocycles. The molecule has 0 aliphatic rings. The van der Waals surface area contributed by atoms with Crippen molar-refractivity contribution in [2.45, 2.75) is 19.4 Å². The molecular formula is C19H17N5O4. The normalized spacial score (nSPS) is 11.6. The molecule has 2 amide bonds. The number of hydrogen-bond donors (Lipinski definition) is 2. The second-order valence-corrected chi connectivity index (χ2v) is 5.99. The Hall–Kier alpha value is -3.88. The molecular weight excluding hydrogens is 362 g/mol. The fourth-order valence-corrected chi connectivity index (χ4v) is 2.67. The number of primary amides is 1. The van der Waals surface area contributed by atoms with E-state index in [9.17, 15) is 14.4 Å². The average Bonchev–Trinajstić information content (AvgIpc) is 3.09. The molecule has 3 rings (SSSR count). The van der Waals surface area contributed by atoms with Crippen LogP contribution in [-0.2, 0) is 16.0 Å². The molecule has 0 saturated carbocycles. The minimum Gasteiger partial charge on any atom is -0.363 e. The van der Waals surface area contributed by atoms with Crippen molar-refractivity contribution < 1.29 is 18.9 Å². The summed E-state index contributed by atoms with van der Waals surface area (Å²) in [6.07, 6.45) is 3.13. The first-order chi connectivity index (χ1) is 13.5. The second kappa shape index (κ2) is 8.21. The van der Waals surface area contributed by atoms with Crippen molar-refractivity contribution >= 4 is 17.6 Å². The highest BCUT2D eigenvalue weighted by molar-refractivity contribution is 6.38. The lowest BCUT2D eigenvalue weighted by atomic mass is 10.0. The summed E-state index contributed by atoms with van der Waals surface area (Å²) in [5.41, 5.74) is 6.61. The summed E-state index contributed by atoms with van der Waals surface area (Å²) in [5.74, 6) is -2.67. The molecule has 2 aromatic heterocycles. The van der Waals surface area contributed by atoms with E-state index in [0.717, 1.165) is 5.56 Å². The van der Waals surface area contributed by atoms with E-state index in [1.165, 1.54) is 12.4 Å². The Kier molecular flexibility index (Phi) is 5.54. The van der Waals surface area contributed by atoms with Crippen LogP contribution < -0.4 is 11.1 Å². The molecule has 1 atom stereocenters. The van der Waals surface area contributed by atoms with Gasteiger partial charge < -0.3 is 15.6 Å². The van der Waals surface area contributed by atoms with Gasteiger partial charge in [-0.05, 0) is 18.6 Å². The van der Waals surface area contributed by atoms with Gasteiger partial charge >= 0.3 is 0 Å². The van der Waals surface area contributed by atoms with Crippen molar-refractivity contribution in [3.05, 3.63) is 65.8 Å². The lowest BCUT2D eigenvalue weighted by molar-refractivity contribution is -0.137. The molecule has 3 aromatic rings. The molecule has 1 unspecified atom stereocenters. The van der Waals surface area contributed by atoms with Crippen LogP contribution in [0.15, 0.2) is 53.3 Å². The van der Waals surface area contributed by atoms with E-state index in [1.807, 2.05) is 6.07 Å². The van der Waals surface area contributed by atoms with E-state index in [1.54, 1.807) is 37.3 Å². The van der Waals surface area contributed by atoms with Gasteiger partial charge in [0, 0.05) is 18.8 Å². The zero-order valence-corrected chi connectivity index (χ0v) is 15.0.